The van der Waals surface area contributed by atoms with Gasteiger partial charge in [-0.2, -0.15) is 0 Å². The van der Waals surface area contributed by atoms with E-state index in [1.165, 1.54) is 25.2 Å². The number of hydrogen-bond donors (Lipinski definition) is 3. The van der Waals surface area contributed by atoms with Crippen molar-refractivity contribution < 1.29 is 43.2 Å². The summed E-state index contributed by atoms with van der Waals surface area (Å²) >= 11 is 0. The maximum atomic E-state index is 14.1. The molecule has 1 aliphatic heterocycles. The summed E-state index contributed by atoms with van der Waals surface area (Å²) in [6.45, 7) is 4.04. The number of benzene rings is 2. The zero-order valence-electron chi connectivity index (χ0n) is 24.5. The monoisotopic (exact) mass is 592 g/mol. The van der Waals surface area contributed by atoms with Crippen LogP contribution in [0.1, 0.15) is 52.7 Å². The zero-order chi connectivity index (χ0) is 30.8. The summed E-state index contributed by atoms with van der Waals surface area (Å²) < 4.78 is 23.1. The fourth-order valence-electron chi connectivity index (χ4n) is 5.79. The summed E-state index contributed by atoms with van der Waals surface area (Å²) in [6, 6.07) is 9.14. The highest BCUT2D eigenvalue weighted by molar-refractivity contribution is 5.99. The number of aliphatic hydroxyl groups is 2. The number of nitrogens with zero attached hydrogens (tertiary/aromatic N) is 1. The molecule has 11 nitrogen and oxygen atoms in total. The first kappa shape index (κ1) is 30.1. The number of fused-ring (bicyclic) bond motifs is 4. The van der Waals surface area contributed by atoms with Gasteiger partial charge in [-0.05, 0) is 42.7 Å². The van der Waals surface area contributed by atoms with E-state index in [4.69, 9.17) is 18.6 Å². The van der Waals surface area contributed by atoms with Gasteiger partial charge >= 0.3 is 0 Å². The summed E-state index contributed by atoms with van der Waals surface area (Å²) in [5.74, 6) is -0.341. The van der Waals surface area contributed by atoms with Crippen molar-refractivity contribution in [3.63, 3.8) is 0 Å². The van der Waals surface area contributed by atoms with Crippen LogP contribution in [0.3, 0.4) is 0 Å². The van der Waals surface area contributed by atoms with Crippen molar-refractivity contribution in [1.29, 1.82) is 0 Å². The summed E-state index contributed by atoms with van der Waals surface area (Å²) in [5.41, 5.74) is 1.50. The first-order valence-electron chi connectivity index (χ1n) is 14.2. The molecule has 0 fully saturated rings. The van der Waals surface area contributed by atoms with Gasteiger partial charge in [-0.25, -0.2) is 0 Å². The van der Waals surface area contributed by atoms with E-state index in [9.17, 15) is 24.6 Å². The van der Waals surface area contributed by atoms with Gasteiger partial charge in [0.05, 0.1) is 32.8 Å². The van der Waals surface area contributed by atoms with Gasteiger partial charge in [0.25, 0.3) is 5.91 Å². The minimum Gasteiger partial charge on any atom is -0.493 e. The Morgan fingerprint density at radius 1 is 1.14 bits per heavy atom. The van der Waals surface area contributed by atoms with E-state index in [-0.39, 0.29) is 42.7 Å². The van der Waals surface area contributed by atoms with Crippen LogP contribution in [0, 0.1) is 5.92 Å². The molecule has 11 heteroatoms. The standard InChI is InChI=1S/C32H36N2O9/c1-17(2)8-10-34(32(39)25-14-19-6-5-7-23(40-3)28(19)42-25)22-15-21(31(38)33-9-11-35)26-20-12-18(16-36)13-24(41-4)29(20)43-30(26)27(22)37/h5-7,12-17,22,26-27,30,35,37H,8-11H2,1-4H3,(H,33,38). The number of rotatable bonds is 11. The smallest absolute Gasteiger partial charge is 0.290 e. The van der Waals surface area contributed by atoms with Crippen molar-refractivity contribution in [2.24, 2.45) is 5.92 Å². The maximum Gasteiger partial charge on any atom is 0.290 e. The number of furan rings is 1. The molecule has 5 rings (SSSR count). The second kappa shape index (κ2) is 12.5. The van der Waals surface area contributed by atoms with Crippen molar-refractivity contribution in [3.8, 4) is 17.2 Å². The topological polar surface area (TPSA) is 148 Å². The normalized spacial score (nSPS) is 20.6. The molecule has 4 unspecified atom stereocenters. The summed E-state index contributed by atoms with van der Waals surface area (Å²) in [6.07, 6.45) is 0.636. The molecule has 2 heterocycles. The Morgan fingerprint density at radius 3 is 2.58 bits per heavy atom. The third-order valence-electron chi connectivity index (χ3n) is 7.92. The molecule has 228 valence electrons. The summed E-state index contributed by atoms with van der Waals surface area (Å²) in [4.78, 5) is 40.9. The lowest BCUT2D eigenvalue weighted by atomic mass is 9.77. The lowest BCUT2D eigenvalue weighted by molar-refractivity contribution is -0.118. The molecule has 2 amide bonds. The van der Waals surface area contributed by atoms with Crippen molar-refractivity contribution >= 4 is 29.1 Å². The Balaban J connectivity index is 1.61. The number of amides is 2. The molecule has 0 bridgehead atoms. The van der Waals surface area contributed by atoms with E-state index >= 15 is 0 Å². The van der Waals surface area contributed by atoms with Crippen molar-refractivity contribution in [2.75, 3.05) is 33.9 Å². The van der Waals surface area contributed by atoms with Gasteiger partial charge in [-0.1, -0.05) is 26.0 Å². The second-order valence-corrected chi connectivity index (χ2v) is 11.1. The average Bonchev–Trinajstić information content (AvgIpc) is 3.62. The number of methoxy groups -OCH3 is 2. The zero-order valence-corrected chi connectivity index (χ0v) is 24.5. The van der Waals surface area contributed by atoms with E-state index in [1.807, 2.05) is 19.9 Å². The highest BCUT2D eigenvalue weighted by Gasteiger charge is 2.51. The predicted molar refractivity (Wildman–Crippen MR) is 157 cm³/mol. The van der Waals surface area contributed by atoms with Crippen LogP contribution in [0.5, 0.6) is 17.2 Å². The van der Waals surface area contributed by atoms with Crippen LogP contribution < -0.4 is 19.5 Å². The minimum atomic E-state index is -1.26. The largest absolute Gasteiger partial charge is 0.493 e. The molecule has 2 aromatic carbocycles. The lowest BCUT2D eigenvalue weighted by Gasteiger charge is -2.40. The fraction of sp³-hybridized carbons (Fsp3) is 0.406. The van der Waals surface area contributed by atoms with E-state index < -0.39 is 36.0 Å². The molecule has 0 saturated heterocycles. The van der Waals surface area contributed by atoms with Crippen LogP contribution in [0.15, 0.2) is 52.5 Å². The molecule has 0 spiro atoms. The molecular weight excluding hydrogens is 556 g/mol. The van der Waals surface area contributed by atoms with Crippen LogP contribution in [0.4, 0.5) is 0 Å². The number of aliphatic hydroxyl groups excluding tert-OH is 2. The van der Waals surface area contributed by atoms with E-state index in [0.717, 1.165) is 0 Å². The van der Waals surface area contributed by atoms with E-state index in [0.29, 0.717) is 46.3 Å². The number of hydrogen-bond acceptors (Lipinski definition) is 9. The Kier molecular flexibility index (Phi) is 8.74. The molecule has 1 aromatic heterocycles. The Hall–Kier alpha value is -4.35. The van der Waals surface area contributed by atoms with Gasteiger partial charge < -0.3 is 39.1 Å². The first-order valence-corrected chi connectivity index (χ1v) is 14.2. The Bertz CT molecular complexity index is 1560. The van der Waals surface area contributed by atoms with Gasteiger partial charge in [0.2, 0.25) is 5.91 Å². The average molecular weight is 593 g/mol. The van der Waals surface area contributed by atoms with Crippen molar-refractivity contribution in [3.05, 3.63) is 64.9 Å². The maximum absolute atomic E-state index is 14.1. The summed E-state index contributed by atoms with van der Waals surface area (Å²) in [7, 11) is 2.96. The minimum absolute atomic E-state index is 0.00298. The van der Waals surface area contributed by atoms with Crippen molar-refractivity contribution in [1.82, 2.24) is 10.2 Å². The van der Waals surface area contributed by atoms with E-state index in [2.05, 4.69) is 5.32 Å². The molecule has 2 aliphatic rings. The van der Waals surface area contributed by atoms with Gasteiger partial charge in [-0.3, -0.25) is 14.4 Å². The number of para-hydroxylation sites is 1. The van der Waals surface area contributed by atoms with Crippen LogP contribution in [-0.4, -0.2) is 85.4 Å². The predicted octanol–water partition coefficient (Wildman–Crippen LogP) is 3.07. The molecule has 1 aliphatic carbocycles. The fourth-order valence-corrected chi connectivity index (χ4v) is 5.79. The van der Waals surface area contributed by atoms with Gasteiger partial charge in [-0.15, -0.1) is 0 Å². The van der Waals surface area contributed by atoms with Crippen LogP contribution >= 0.6 is 0 Å². The quantitative estimate of drug-likeness (QED) is 0.286. The molecular formula is C32H36N2O9. The highest BCUT2D eigenvalue weighted by atomic mass is 16.5. The second-order valence-electron chi connectivity index (χ2n) is 11.1. The van der Waals surface area contributed by atoms with Gasteiger partial charge in [0, 0.05) is 35.2 Å². The van der Waals surface area contributed by atoms with Gasteiger partial charge in [0.15, 0.2) is 28.6 Å². The number of nitrogens with one attached hydrogen (secondary N) is 1. The van der Waals surface area contributed by atoms with Crippen LogP contribution in [0.25, 0.3) is 11.0 Å². The molecule has 4 atom stereocenters. The first-order chi connectivity index (χ1) is 20.7. The highest BCUT2D eigenvalue weighted by Crippen LogP contribution is 2.51. The van der Waals surface area contributed by atoms with Crippen molar-refractivity contribution in [2.45, 2.75) is 44.4 Å². The van der Waals surface area contributed by atoms with E-state index in [1.54, 1.807) is 30.3 Å². The molecule has 0 radical (unpaired) electrons. The molecule has 3 aromatic rings. The third kappa shape index (κ3) is 5.57. The SMILES string of the molecule is COc1cc(C=O)cc2c1OC1C2C(C(=O)NCCO)=CC(N(CCC(C)C)C(=O)c2cc3cccc(OC)c3o2)C1O. The Labute approximate surface area is 249 Å². The third-order valence-corrected chi connectivity index (χ3v) is 7.92. The van der Waals surface area contributed by atoms with Crippen LogP contribution in [0.2, 0.25) is 0 Å². The number of aldehydes is 1. The number of carbonyl (C=O) groups excluding carboxylic acids is 3. The summed E-state index contributed by atoms with van der Waals surface area (Å²) in [5, 5.41) is 24.6. The molecule has 0 saturated carbocycles. The number of carbonyl (C=O) groups is 3. The molecule has 43 heavy (non-hydrogen) atoms. The Morgan fingerprint density at radius 2 is 1.91 bits per heavy atom. The lowest BCUT2D eigenvalue weighted by Crippen LogP contribution is -2.56. The number of ether oxygens (including phenoxy) is 3. The molecule has 3 N–H and O–H groups in total. The van der Waals surface area contributed by atoms with Gasteiger partial charge in [0.1, 0.15) is 18.5 Å². The van der Waals surface area contributed by atoms with Crippen LogP contribution in [-0.2, 0) is 4.79 Å².